The van der Waals surface area contributed by atoms with Crippen molar-refractivity contribution >= 4 is 34.2 Å². The summed E-state index contributed by atoms with van der Waals surface area (Å²) in [7, 11) is 0. The SMILES string of the molecule is C[C@H](Sc1nc2ncccn2n1)C(=O)N[C@@H](C)c1cccc2ccccc12. The van der Waals surface area contributed by atoms with Crippen LogP contribution >= 0.6 is 11.8 Å². The van der Waals surface area contributed by atoms with Gasteiger partial charge in [-0.25, -0.2) is 9.50 Å². The molecule has 2 aromatic heterocycles. The number of aromatic nitrogens is 4. The van der Waals surface area contributed by atoms with Gasteiger partial charge in [0.05, 0.1) is 11.3 Å². The maximum absolute atomic E-state index is 12.7. The highest BCUT2D eigenvalue weighted by Crippen LogP contribution is 2.25. The summed E-state index contributed by atoms with van der Waals surface area (Å²) in [4.78, 5) is 21.2. The van der Waals surface area contributed by atoms with E-state index < -0.39 is 0 Å². The Labute approximate surface area is 161 Å². The van der Waals surface area contributed by atoms with Gasteiger partial charge in [0.25, 0.3) is 5.78 Å². The van der Waals surface area contributed by atoms with Crippen LogP contribution in [0.5, 0.6) is 0 Å². The molecule has 6 nitrogen and oxygen atoms in total. The largest absolute Gasteiger partial charge is 0.349 e. The standard InChI is InChI=1S/C20H19N5OS/c1-13(16-10-5-8-15-7-3-4-9-17(15)16)22-18(26)14(2)27-20-23-19-21-11-6-12-25(19)24-20/h3-14H,1-2H3,(H,22,26)/t13-,14-/m0/s1. The number of rotatable bonds is 5. The van der Waals surface area contributed by atoms with E-state index in [1.54, 1.807) is 23.0 Å². The van der Waals surface area contributed by atoms with Crippen molar-refractivity contribution in [2.24, 2.45) is 0 Å². The van der Waals surface area contributed by atoms with Crippen molar-refractivity contribution in [1.82, 2.24) is 24.9 Å². The molecule has 2 atom stereocenters. The second-order valence-corrected chi connectivity index (χ2v) is 7.63. The van der Waals surface area contributed by atoms with Gasteiger partial charge in [0.2, 0.25) is 11.1 Å². The van der Waals surface area contributed by atoms with Gasteiger partial charge in [-0.15, -0.1) is 5.10 Å². The Morgan fingerprint density at radius 1 is 1.11 bits per heavy atom. The van der Waals surface area contributed by atoms with Crippen LogP contribution in [0.25, 0.3) is 16.6 Å². The fourth-order valence-corrected chi connectivity index (χ4v) is 3.77. The fraction of sp³-hybridized carbons (Fsp3) is 0.200. The van der Waals surface area contributed by atoms with Gasteiger partial charge in [-0.2, -0.15) is 4.98 Å². The summed E-state index contributed by atoms with van der Waals surface area (Å²) in [5.41, 5.74) is 1.11. The molecule has 0 saturated carbocycles. The molecule has 7 heteroatoms. The summed E-state index contributed by atoms with van der Waals surface area (Å²) in [6.07, 6.45) is 3.45. The van der Waals surface area contributed by atoms with Gasteiger partial charge in [0.1, 0.15) is 0 Å². The van der Waals surface area contributed by atoms with Crippen molar-refractivity contribution in [3.05, 3.63) is 66.5 Å². The van der Waals surface area contributed by atoms with Gasteiger partial charge in [0.15, 0.2) is 0 Å². The second-order valence-electron chi connectivity index (χ2n) is 6.32. The van der Waals surface area contributed by atoms with E-state index in [2.05, 4.69) is 44.6 Å². The summed E-state index contributed by atoms with van der Waals surface area (Å²) in [6.45, 7) is 3.86. The van der Waals surface area contributed by atoms with Gasteiger partial charge in [-0.1, -0.05) is 54.2 Å². The molecule has 0 aliphatic carbocycles. The molecule has 4 rings (SSSR count). The highest BCUT2D eigenvalue weighted by Gasteiger charge is 2.20. The molecule has 0 bridgehead atoms. The van der Waals surface area contributed by atoms with Crippen LogP contribution in [0.1, 0.15) is 25.5 Å². The Morgan fingerprint density at radius 2 is 1.93 bits per heavy atom. The molecular formula is C20H19N5OS. The summed E-state index contributed by atoms with van der Waals surface area (Å²) in [6, 6.07) is 16.0. The lowest BCUT2D eigenvalue weighted by Crippen LogP contribution is -2.33. The van der Waals surface area contributed by atoms with Gasteiger partial charge in [-0.3, -0.25) is 4.79 Å². The van der Waals surface area contributed by atoms with Gasteiger partial charge >= 0.3 is 0 Å². The molecule has 27 heavy (non-hydrogen) atoms. The number of hydrogen-bond donors (Lipinski definition) is 1. The normalized spacial score (nSPS) is 13.6. The number of nitrogens with zero attached hydrogens (tertiary/aromatic N) is 4. The zero-order valence-electron chi connectivity index (χ0n) is 15.0. The molecule has 2 heterocycles. The Morgan fingerprint density at radius 3 is 2.78 bits per heavy atom. The number of thioether (sulfide) groups is 1. The third-order valence-electron chi connectivity index (χ3n) is 4.40. The third kappa shape index (κ3) is 3.64. The fourth-order valence-electron chi connectivity index (χ4n) is 3.01. The van der Waals surface area contributed by atoms with Crippen LogP contribution in [-0.4, -0.2) is 30.7 Å². The van der Waals surface area contributed by atoms with Gasteiger partial charge < -0.3 is 5.32 Å². The average molecular weight is 377 g/mol. The van der Waals surface area contributed by atoms with Crippen molar-refractivity contribution in [2.75, 3.05) is 0 Å². The molecule has 1 N–H and O–H groups in total. The van der Waals surface area contributed by atoms with E-state index in [4.69, 9.17) is 0 Å². The second kappa shape index (κ2) is 7.36. The monoisotopic (exact) mass is 377 g/mol. The molecule has 0 spiro atoms. The Hall–Kier alpha value is -2.93. The van der Waals surface area contributed by atoms with E-state index >= 15 is 0 Å². The molecule has 4 aromatic rings. The number of nitrogens with one attached hydrogen (secondary N) is 1. The van der Waals surface area contributed by atoms with Crippen LogP contribution in [0.3, 0.4) is 0 Å². The number of carbonyl (C=O) groups is 1. The molecule has 0 unspecified atom stereocenters. The zero-order chi connectivity index (χ0) is 18.8. The topological polar surface area (TPSA) is 72.2 Å². The van der Waals surface area contributed by atoms with E-state index in [1.807, 2.05) is 32.0 Å². The molecule has 0 saturated heterocycles. The van der Waals surface area contributed by atoms with E-state index in [-0.39, 0.29) is 17.2 Å². The summed E-state index contributed by atoms with van der Waals surface area (Å²) in [5, 5.41) is 9.98. The van der Waals surface area contributed by atoms with Gasteiger partial charge in [-0.05, 0) is 36.2 Å². The number of benzene rings is 2. The van der Waals surface area contributed by atoms with Gasteiger partial charge in [0, 0.05) is 12.4 Å². The summed E-state index contributed by atoms with van der Waals surface area (Å²) < 4.78 is 1.60. The van der Waals surface area contributed by atoms with E-state index in [0.717, 1.165) is 10.9 Å². The van der Waals surface area contributed by atoms with Crippen LogP contribution in [0, 0.1) is 0 Å². The molecule has 1 amide bonds. The lowest BCUT2D eigenvalue weighted by atomic mass is 9.99. The van der Waals surface area contributed by atoms with Crippen molar-refractivity contribution in [3.63, 3.8) is 0 Å². The molecule has 0 fully saturated rings. The van der Waals surface area contributed by atoms with Crippen molar-refractivity contribution in [2.45, 2.75) is 30.3 Å². The maximum atomic E-state index is 12.7. The van der Waals surface area contributed by atoms with Crippen molar-refractivity contribution in [3.8, 4) is 0 Å². The van der Waals surface area contributed by atoms with Crippen LogP contribution in [-0.2, 0) is 4.79 Å². The maximum Gasteiger partial charge on any atom is 0.253 e. The first-order valence-corrected chi connectivity index (χ1v) is 9.62. The third-order valence-corrected chi connectivity index (χ3v) is 5.35. The highest BCUT2D eigenvalue weighted by molar-refractivity contribution is 8.00. The molecule has 0 aliphatic rings. The first kappa shape index (κ1) is 17.5. The molecule has 0 aliphatic heterocycles. The number of fused-ring (bicyclic) bond motifs is 2. The average Bonchev–Trinajstić information content (AvgIpc) is 3.09. The van der Waals surface area contributed by atoms with E-state index in [9.17, 15) is 4.79 Å². The van der Waals surface area contributed by atoms with Crippen LogP contribution in [0.2, 0.25) is 0 Å². The molecular weight excluding hydrogens is 358 g/mol. The quantitative estimate of drug-likeness (QED) is 0.538. The Balaban J connectivity index is 1.47. The number of amides is 1. The van der Waals surface area contributed by atoms with E-state index in [1.165, 1.54) is 17.1 Å². The summed E-state index contributed by atoms with van der Waals surface area (Å²) in [5.74, 6) is 0.476. The lowest BCUT2D eigenvalue weighted by molar-refractivity contribution is -0.120. The predicted molar refractivity (Wildman–Crippen MR) is 107 cm³/mol. The molecule has 0 radical (unpaired) electrons. The minimum Gasteiger partial charge on any atom is -0.349 e. The predicted octanol–water partition coefficient (Wildman–Crippen LogP) is 3.64. The minimum atomic E-state index is -0.320. The van der Waals surface area contributed by atoms with Crippen molar-refractivity contribution in [1.29, 1.82) is 0 Å². The Bertz CT molecular complexity index is 1070. The smallest absolute Gasteiger partial charge is 0.253 e. The molecule has 136 valence electrons. The zero-order valence-corrected chi connectivity index (χ0v) is 15.9. The number of carbonyl (C=O) groups excluding carboxylic acids is 1. The first-order valence-electron chi connectivity index (χ1n) is 8.74. The first-order chi connectivity index (χ1) is 13.1. The van der Waals surface area contributed by atoms with Crippen molar-refractivity contribution < 1.29 is 4.79 Å². The Kier molecular flexibility index (Phi) is 4.77. The number of hydrogen-bond acceptors (Lipinski definition) is 5. The highest BCUT2D eigenvalue weighted by atomic mass is 32.2. The van der Waals surface area contributed by atoms with Crippen LogP contribution < -0.4 is 5.32 Å². The van der Waals surface area contributed by atoms with Crippen LogP contribution in [0.15, 0.2) is 66.1 Å². The van der Waals surface area contributed by atoms with E-state index in [0.29, 0.717) is 10.9 Å². The minimum absolute atomic E-state index is 0.0488. The molecule has 2 aromatic carbocycles. The van der Waals surface area contributed by atoms with Crippen LogP contribution in [0.4, 0.5) is 0 Å². The summed E-state index contributed by atoms with van der Waals surface area (Å²) >= 11 is 1.32. The lowest BCUT2D eigenvalue weighted by Gasteiger charge is -2.18.